The van der Waals surface area contributed by atoms with Crippen molar-refractivity contribution in [1.82, 2.24) is 4.72 Å². The fourth-order valence-electron chi connectivity index (χ4n) is 3.28. The molecule has 2 rings (SSSR count). The lowest BCUT2D eigenvalue weighted by Crippen LogP contribution is -2.35. The maximum absolute atomic E-state index is 14.2. The van der Waals surface area contributed by atoms with Crippen LogP contribution in [0.1, 0.15) is 50.4 Å². The van der Waals surface area contributed by atoms with E-state index in [2.05, 4.69) is 20.8 Å². The van der Waals surface area contributed by atoms with Crippen molar-refractivity contribution < 1.29 is 22.3 Å². The number of amides is 1. The number of rotatable bonds is 4. The molecule has 0 bridgehead atoms. The number of benzene rings is 1. The van der Waals surface area contributed by atoms with E-state index in [1.165, 1.54) is 0 Å². The number of sulfonamides is 1. The molecule has 1 aromatic rings. The van der Waals surface area contributed by atoms with Crippen LogP contribution in [0.4, 0.5) is 4.39 Å². The Morgan fingerprint density at radius 3 is 2.60 bits per heavy atom. The highest BCUT2D eigenvalue weighted by Crippen LogP contribution is 2.41. The van der Waals surface area contributed by atoms with Gasteiger partial charge in [-0.2, -0.15) is 0 Å². The maximum atomic E-state index is 14.2. The largest absolute Gasteiger partial charge is 0.488 e. The molecule has 0 heterocycles. The van der Waals surface area contributed by atoms with E-state index in [1.54, 1.807) is 4.72 Å². The van der Waals surface area contributed by atoms with Gasteiger partial charge < -0.3 is 4.74 Å². The van der Waals surface area contributed by atoms with Gasteiger partial charge in [0, 0.05) is 6.07 Å². The second-order valence-corrected chi connectivity index (χ2v) is 9.66. The van der Waals surface area contributed by atoms with E-state index in [0.29, 0.717) is 0 Å². The highest BCUT2D eigenvalue weighted by molar-refractivity contribution is 7.89. The second kappa shape index (κ2) is 7.11. The first kappa shape index (κ1) is 20.0. The first-order chi connectivity index (χ1) is 11.4. The van der Waals surface area contributed by atoms with Crippen molar-refractivity contribution in [2.45, 2.75) is 46.1 Å². The third-order valence-corrected chi connectivity index (χ3v) is 5.29. The summed E-state index contributed by atoms with van der Waals surface area (Å²) in [5.41, 5.74) is -0.192. The van der Waals surface area contributed by atoms with Crippen LogP contribution in [0.5, 0.6) is 5.75 Å². The third-order valence-electron chi connectivity index (χ3n) is 4.44. The maximum Gasteiger partial charge on any atom is 0.267 e. The molecule has 0 aromatic heterocycles. The van der Waals surface area contributed by atoms with Crippen LogP contribution in [0.2, 0.25) is 5.02 Å². The second-order valence-electron chi connectivity index (χ2n) is 7.51. The molecule has 140 valence electrons. The summed E-state index contributed by atoms with van der Waals surface area (Å²) in [6.45, 7) is 6.51. The average Bonchev–Trinajstić information content (AvgIpc) is 2.42. The van der Waals surface area contributed by atoms with Gasteiger partial charge in [0.05, 0.1) is 16.8 Å². The van der Waals surface area contributed by atoms with E-state index >= 15 is 0 Å². The summed E-state index contributed by atoms with van der Waals surface area (Å²) in [5.74, 6) is -1.51. The van der Waals surface area contributed by atoms with Gasteiger partial charge in [0.2, 0.25) is 10.0 Å². The van der Waals surface area contributed by atoms with Gasteiger partial charge in [0.15, 0.2) is 0 Å². The zero-order valence-corrected chi connectivity index (χ0v) is 16.3. The Labute approximate surface area is 152 Å². The summed E-state index contributed by atoms with van der Waals surface area (Å²) in [5, 5.41) is 0.0667. The molecule has 0 spiro atoms. The number of carbonyl (C=O) groups is 1. The summed E-state index contributed by atoms with van der Waals surface area (Å²) in [4.78, 5) is 11.8. The van der Waals surface area contributed by atoms with E-state index in [4.69, 9.17) is 16.3 Å². The van der Waals surface area contributed by atoms with E-state index in [9.17, 15) is 17.6 Å². The summed E-state index contributed by atoms with van der Waals surface area (Å²) < 4.78 is 44.1. The first-order valence-electron chi connectivity index (χ1n) is 8.06. The van der Waals surface area contributed by atoms with Crippen LogP contribution < -0.4 is 9.46 Å². The fourth-order valence-corrected chi connectivity index (χ4v) is 3.93. The predicted molar refractivity (Wildman–Crippen MR) is 94.9 cm³/mol. The Morgan fingerprint density at radius 1 is 1.40 bits per heavy atom. The summed E-state index contributed by atoms with van der Waals surface area (Å²) in [6.07, 6.45) is 3.56. The molecule has 1 fully saturated rings. The topological polar surface area (TPSA) is 72.5 Å². The standard InChI is InChI=1S/C17H23ClFNO4S/c1-10-9-17(2,3)6-5-14(10)24-15-8-13(19)11(7-12(15)18)16(21)20-25(4,22)23/h7-8,10,14H,5-6,9H2,1-4H3,(H,20,21)/t10-,14-/m1/s1. The van der Waals surface area contributed by atoms with E-state index in [-0.39, 0.29) is 28.2 Å². The van der Waals surface area contributed by atoms with Crippen LogP contribution in [0.3, 0.4) is 0 Å². The number of halogens is 2. The Balaban J connectivity index is 2.19. The quantitative estimate of drug-likeness (QED) is 0.848. The van der Waals surface area contributed by atoms with Crippen LogP contribution in [-0.4, -0.2) is 26.7 Å². The molecule has 25 heavy (non-hydrogen) atoms. The molecular formula is C17H23ClFNO4S. The number of hydrogen-bond acceptors (Lipinski definition) is 4. The van der Waals surface area contributed by atoms with Crippen LogP contribution in [-0.2, 0) is 10.0 Å². The lowest BCUT2D eigenvalue weighted by Gasteiger charge is -2.39. The van der Waals surface area contributed by atoms with Gasteiger partial charge in [0.25, 0.3) is 5.91 Å². The molecule has 1 amide bonds. The summed E-state index contributed by atoms with van der Waals surface area (Å²) in [7, 11) is -3.79. The van der Waals surface area contributed by atoms with Crippen LogP contribution >= 0.6 is 11.6 Å². The minimum Gasteiger partial charge on any atom is -0.488 e. The summed E-state index contributed by atoms with van der Waals surface area (Å²) in [6, 6.07) is 2.12. The van der Waals surface area contributed by atoms with Crippen LogP contribution in [0.15, 0.2) is 12.1 Å². The molecule has 0 radical (unpaired) electrons. The van der Waals surface area contributed by atoms with Crippen LogP contribution in [0, 0.1) is 17.2 Å². The van der Waals surface area contributed by atoms with Gasteiger partial charge in [-0.25, -0.2) is 17.5 Å². The molecule has 1 N–H and O–H groups in total. The van der Waals surface area contributed by atoms with Gasteiger partial charge in [0.1, 0.15) is 17.7 Å². The van der Waals surface area contributed by atoms with Gasteiger partial charge in [-0.1, -0.05) is 32.4 Å². The van der Waals surface area contributed by atoms with Gasteiger partial charge in [-0.3, -0.25) is 4.79 Å². The molecule has 0 saturated heterocycles. The average molecular weight is 392 g/mol. The fraction of sp³-hybridized carbons (Fsp3) is 0.588. The van der Waals surface area contributed by atoms with E-state index in [0.717, 1.165) is 37.7 Å². The SMILES string of the molecule is C[C@@H]1CC(C)(C)CC[C@H]1Oc1cc(F)c(C(=O)NS(C)(=O)=O)cc1Cl. The molecule has 0 unspecified atom stereocenters. The number of ether oxygens (including phenoxy) is 1. The minimum atomic E-state index is -3.79. The Kier molecular flexibility index (Phi) is 5.68. The normalized spacial score (nSPS) is 23.1. The monoisotopic (exact) mass is 391 g/mol. The van der Waals surface area contributed by atoms with Crippen molar-refractivity contribution >= 4 is 27.5 Å². The number of nitrogens with one attached hydrogen (secondary N) is 1. The van der Waals surface area contributed by atoms with Crippen molar-refractivity contribution in [3.8, 4) is 5.75 Å². The van der Waals surface area contributed by atoms with Crippen molar-refractivity contribution in [2.24, 2.45) is 11.3 Å². The highest BCUT2D eigenvalue weighted by Gasteiger charge is 2.34. The van der Waals surface area contributed by atoms with Crippen molar-refractivity contribution in [1.29, 1.82) is 0 Å². The molecule has 1 aliphatic rings. The molecule has 1 saturated carbocycles. The van der Waals surface area contributed by atoms with Gasteiger partial charge >= 0.3 is 0 Å². The smallest absolute Gasteiger partial charge is 0.267 e. The van der Waals surface area contributed by atoms with Gasteiger partial charge in [-0.15, -0.1) is 0 Å². The molecule has 2 atom stereocenters. The zero-order valence-electron chi connectivity index (χ0n) is 14.7. The first-order valence-corrected chi connectivity index (χ1v) is 10.3. The third kappa shape index (κ3) is 5.31. The zero-order chi connectivity index (χ0) is 19.0. The predicted octanol–water partition coefficient (Wildman–Crippen LogP) is 3.76. The molecule has 0 aliphatic heterocycles. The lowest BCUT2D eigenvalue weighted by atomic mass is 9.71. The Bertz CT molecular complexity index is 779. The minimum absolute atomic E-state index is 0.0667. The van der Waals surface area contributed by atoms with Crippen LogP contribution in [0.25, 0.3) is 0 Å². The van der Waals surface area contributed by atoms with E-state index < -0.39 is 27.3 Å². The van der Waals surface area contributed by atoms with Crippen molar-refractivity contribution in [3.05, 3.63) is 28.5 Å². The van der Waals surface area contributed by atoms with Gasteiger partial charge in [-0.05, 0) is 36.7 Å². The Morgan fingerprint density at radius 2 is 2.04 bits per heavy atom. The molecule has 5 nitrogen and oxygen atoms in total. The molecule has 8 heteroatoms. The van der Waals surface area contributed by atoms with Crippen molar-refractivity contribution in [2.75, 3.05) is 6.26 Å². The molecule has 1 aromatic carbocycles. The summed E-state index contributed by atoms with van der Waals surface area (Å²) >= 11 is 6.12. The van der Waals surface area contributed by atoms with E-state index in [1.807, 2.05) is 0 Å². The molecular weight excluding hydrogens is 369 g/mol. The number of hydrogen-bond donors (Lipinski definition) is 1. The lowest BCUT2D eigenvalue weighted by molar-refractivity contribution is 0.0480. The Hall–Kier alpha value is -1.34. The number of carbonyl (C=O) groups excluding carboxylic acids is 1. The highest BCUT2D eigenvalue weighted by atomic mass is 35.5. The van der Waals surface area contributed by atoms with Crippen molar-refractivity contribution in [3.63, 3.8) is 0 Å². The molecule has 1 aliphatic carbocycles.